The van der Waals surface area contributed by atoms with Gasteiger partial charge in [-0.3, -0.25) is 4.68 Å². The number of nitrogens with one attached hydrogen (secondary N) is 1. The maximum Gasteiger partial charge on any atom is 0.0776 e. The van der Waals surface area contributed by atoms with Crippen molar-refractivity contribution in [3.05, 3.63) is 15.9 Å². The Morgan fingerprint density at radius 2 is 2.05 bits per heavy atom. The van der Waals surface area contributed by atoms with E-state index in [1.54, 1.807) is 0 Å². The molecule has 1 fully saturated rings. The van der Waals surface area contributed by atoms with Crippen molar-refractivity contribution in [2.75, 3.05) is 13.1 Å². The van der Waals surface area contributed by atoms with E-state index < -0.39 is 0 Å². The third-order valence-corrected chi connectivity index (χ3v) is 4.94. The highest BCUT2D eigenvalue weighted by Gasteiger charge is 2.26. The monoisotopic (exact) mass is 343 g/mol. The van der Waals surface area contributed by atoms with Gasteiger partial charge in [0.2, 0.25) is 0 Å². The number of aryl methyl sites for hydroxylation is 1. The fourth-order valence-electron chi connectivity index (χ4n) is 2.64. The predicted molar refractivity (Wildman–Crippen MR) is 85.0 cm³/mol. The topological polar surface area (TPSA) is 39.1 Å². The fraction of sp³-hybridized carbons (Fsp3) is 0.800. The van der Waals surface area contributed by atoms with Crippen molar-refractivity contribution in [1.82, 2.24) is 15.1 Å². The third kappa shape index (κ3) is 4.06. The first-order valence-electron chi connectivity index (χ1n) is 7.53. The largest absolute Gasteiger partial charge is 0.372 e. The van der Waals surface area contributed by atoms with Gasteiger partial charge in [-0.25, -0.2) is 0 Å². The molecule has 2 heterocycles. The summed E-state index contributed by atoms with van der Waals surface area (Å²) < 4.78 is 9.29. The van der Waals surface area contributed by atoms with Gasteiger partial charge in [0.05, 0.1) is 28.9 Å². The molecule has 4 nitrogen and oxygen atoms in total. The van der Waals surface area contributed by atoms with E-state index in [-0.39, 0.29) is 0 Å². The average molecular weight is 344 g/mol. The molecule has 0 saturated carbocycles. The van der Waals surface area contributed by atoms with Gasteiger partial charge in [-0.1, -0.05) is 13.8 Å². The smallest absolute Gasteiger partial charge is 0.0776 e. The van der Waals surface area contributed by atoms with Gasteiger partial charge in [-0.05, 0) is 55.1 Å². The van der Waals surface area contributed by atoms with Gasteiger partial charge in [-0.2, -0.15) is 5.10 Å². The van der Waals surface area contributed by atoms with Crippen LogP contribution in [0.3, 0.4) is 0 Å². The second kappa shape index (κ2) is 7.05. The zero-order valence-corrected chi connectivity index (χ0v) is 14.5. The minimum atomic E-state index is 0.297. The lowest BCUT2D eigenvalue weighted by Crippen LogP contribution is -2.30. The van der Waals surface area contributed by atoms with Gasteiger partial charge in [0.25, 0.3) is 0 Å². The maximum absolute atomic E-state index is 6.11. The quantitative estimate of drug-likeness (QED) is 0.862. The van der Waals surface area contributed by atoms with Crippen molar-refractivity contribution in [3.8, 4) is 0 Å². The Labute approximate surface area is 130 Å². The van der Waals surface area contributed by atoms with Crippen molar-refractivity contribution in [1.29, 1.82) is 0 Å². The molecule has 5 heteroatoms. The molecule has 0 aromatic carbocycles. The Kier molecular flexibility index (Phi) is 5.64. The summed E-state index contributed by atoms with van der Waals surface area (Å²) in [6.45, 7) is 11.5. The number of rotatable bonds is 6. The third-order valence-electron chi connectivity index (χ3n) is 3.79. The van der Waals surface area contributed by atoms with Crippen molar-refractivity contribution >= 4 is 15.9 Å². The van der Waals surface area contributed by atoms with Crippen molar-refractivity contribution in [2.45, 2.75) is 59.3 Å². The molecule has 1 N–H and O–H groups in total. The van der Waals surface area contributed by atoms with Crippen LogP contribution in [0, 0.1) is 19.8 Å². The molecule has 2 unspecified atom stereocenters. The molecule has 1 aromatic rings. The Hall–Kier alpha value is -0.390. The van der Waals surface area contributed by atoms with Gasteiger partial charge in [-0.15, -0.1) is 0 Å². The molecular formula is C15H26BrN3O. The standard InChI is InChI=1S/C15H26BrN3O/c1-10(2)7-17-8-13-5-6-14(20-13)9-19-12(4)15(16)11(3)18-19/h10,13-14,17H,5-9H2,1-4H3. The van der Waals surface area contributed by atoms with E-state index in [9.17, 15) is 0 Å². The van der Waals surface area contributed by atoms with Crippen LogP contribution >= 0.6 is 15.9 Å². The lowest BCUT2D eigenvalue weighted by Gasteiger charge is -2.16. The van der Waals surface area contributed by atoms with Crippen molar-refractivity contribution in [3.63, 3.8) is 0 Å². The van der Waals surface area contributed by atoms with E-state index in [1.807, 2.05) is 6.92 Å². The second-order valence-electron chi connectivity index (χ2n) is 6.18. The van der Waals surface area contributed by atoms with Gasteiger partial charge in [0.15, 0.2) is 0 Å². The Morgan fingerprint density at radius 1 is 1.35 bits per heavy atom. The molecular weight excluding hydrogens is 318 g/mol. The number of hydrogen-bond donors (Lipinski definition) is 1. The van der Waals surface area contributed by atoms with Gasteiger partial charge in [0.1, 0.15) is 0 Å². The summed E-state index contributed by atoms with van der Waals surface area (Å²) in [7, 11) is 0. The minimum Gasteiger partial charge on any atom is -0.372 e. The molecule has 1 aliphatic rings. The van der Waals surface area contributed by atoms with E-state index >= 15 is 0 Å². The highest BCUT2D eigenvalue weighted by atomic mass is 79.9. The second-order valence-corrected chi connectivity index (χ2v) is 6.97. The summed E-state index contributed by atoms with van der Waals surface area (Å²) in [6, 6.07) is 0. The number of hydrogen-bond acceptors (Lipinski definition) is 3. The van der Waals surface area contributed by atoms with Crippen LogP contribution in [-0.4, -0.2) is 35.1 Å². The summed E-state index contributed by atoms with van der Waals surface area (Å²) in [5, 5.41) is 8.04. The van der Waals surface area contributed by atoms with E-state index in [4.69, 9.17) is 4.74 Å². The van der Waals surface area contributed by atoms with Crippen LogP contribution < -0.4 is 5.32 Å². The fourth-order valence-corrected chi connectivity index (χ4v) is 2.93. The molecule has 0 spiro atoms. The van der Waals surface area contributed by atoms with Crippen molar-refractivity contribution < 1.29 is 4.74 Å². The summed E-state index contributed by atoms with van der Waals surface area (Å²) in [5.41, 5.74) is 2.24. The lowest BCUT2D eigenvalue weighted by atomic mass is 10.2. The van der Waals surface area contributed by atoms with Gasteiger partial charge in [0, 0.05) is 12.2 Å². The highest BCUT2D eigenvalue weighted by Crippen LogP contribution is 2.24. The van der Waals surface area contributed by atoms with E-state index in [2.05, 4.69) is 51.8 Å². The molecule has 1 saturated heterocycles. The van der Waals surface area contributed by atoms with Crippen LogP contribution in [-0.2, 0) is 11.3 Å². The number of ether oxygens (including phenoxy) is 1. The van der Waals surface area contributed by atoms with Crippen LogP contribution in [0.2, 0.25) is 0 Å². The number of nitrogens with zero attached hydrogens (tertiary/aromatic N) is 2. The van der Waals surface area contributed by atoms with E-state index in [0.717, 1.165) is 42.6 Å². The highest BCUT2D eigenvalue weighted by molar-refractivity contribution is 9.10. The SMILES string of the molecule is Cc1nn(CC2CCC(CNCC(C)C)O2)c(C)c1Br. The van der Waals surface area contributed by atoms with Gasteiger partial charge < -0.3 is 10.1 Å². The first-order chi connectivity index (χ1) is 9.47. The summed E-state index contributed by atoms with van der Waals surface area (Å²) in [6.07, 6.45) is 2.94. The summed E-state index contributed by atoms with van der Waals surface area (Å²) >= 11 is 3.57. The van der Waals surface area contributed by atoms with E-state index in [0.29, 0.717) is 18.1 Å². The molecule has 2 atom stereocenters. The molecule has 20 heavy (non-hydrogen) atoms. The first kappa shape index (κ1) is 16.0. The molecule has 0 amide bonds. The summed E-state index contributed by atoms with van der Waals surface area (Å²) in [5.74, 6) is 0.694. The molecule has 0 aliphatic carbocycles. The van der Waals surface area contributed by atoms with E-state index in [1.165, 1.54) is 5.69 Å². The Morgan fingerprint density at radius 3 is 2.65 bits per heavy atom. The normalized spacial score (nSPS) is 22.9. The van der Waals surface area contributed by atoms with Crippen LogP contribution in [0.5, 0.6) is 0 Å². The molecule has 1 aliphatic heterocycles. The first-order valence-corrected chi connectivity index (χ1v) is 8.32. The van der Waals surface area contributed by atoms with Gasteiger partial charge >= 0.3 is 0 Å². The molecule has 1 aromatic heterocycles. The maximum atomic E-state index is 6.11. The molecule has 0 radical (unpaired) electrons. The number of halogens is 1. The number of aromatic nitrogens is 2. The van der Waals surface area contributed by atoms with Crippen LogP contribution in [0.4, 0.5) is 0 Å². The average Bonchev–Trinajstić information content (AvgIpc) is 2.91. The molecule has 0 bridgehead atoms. The van der Waals surface area contributed by atoms with Crippen LogP contribution in [0.15, 0.2) is 4.47 Å². The van der Waals surface area contributed by atoms with Crippen LogP contribution in [0.1, 0.15) is 38.1 Å². The molecule has 2 rings (SSSR count). The predicted octanol–water partition coefficient (Wildman–Crippen LogP) is 3.06. The minimum absolute atomic E-state index is 0.297. The van der Waals surface area contributed by atoms with Crippen molar-refractivity contribution in [2.24, 2.45) is 5.92 Å². The lowest BCUT2D eigenvalue weighted by molar-refractivity contribution is 0.0336. The zero-order chi connectivity index (χ0) is 14.7. The van der Waals surface area contributed by atoms with Crippen LogP contribution in [0.25, 0.3) is 0 Å². The Balaban J connectivity index is 1.79. The zero-order valence-electron chi connectivity index (χ0n) is 12.9. The molecule has 114 valence electrons. The Bertz CT molecular complexity index is 445. The summed E-state index contributed by atoms with van der Waals surface area (Å²) in [4.78, 5) is 0.